The lowest BCUT2D eigenvalue weighted by molar-refractivity contribution is -0.134. The summed E-state index contributed by atoms with van der Waals surface area (Å²) in [5.74, 6) is 0.249. The van der Waals surface area contributed by atoms with Crippen LogP contribution < -0.4 is 5.73 Å². The summed E-state index contributed by atoms with van der Waals surface area (Å²) in [5.41, 5.74) is 6.93. The van der Waals surface area contributed by atoms with Crippen LogP contribution in [-0.4, -0.2) is 34.4 Å². The first-order valence-electron chi connectivity index (χ1n) is 7.65. The van der Waals surface area contributed by atoms with E-state index in [-0.39, 0.29) is 5.91 Å². The average Bonchev–Trinajstić information content (AvgIpc) is 2.49. The van der Waals surface area contributed by atoms with Crippen molar-refractivity contribution < 1.29 is 4.79 Å². The van der Waals surface area contributed by atoms with Crippen molar-refractivity contribution >= 4 is 5.91 Å². The van der Waals surface area contributed by atoms with Crippen LogP contribution in [0.4, 0.5) is 0 Å². The second-order valence-electron chi connectivity index (χ2n) is 5.57. The number of amides is 1. The Bertz CT molecular complexity index is 413. The lowest BCUT2D eigenvalue weighted by Crippen LogP contribution is -2.44. The molecule has 0 aliphatic heterocycles. The fourth-order valence-electron chi connectivity index (χ4n) is 2.98. The molecule has 0 unspecified atom stereocenters. The van der Waals surface area contributed by atoms with Crippen LogP contribution in [0.2, 0.25) is 0 Å². The summed E-state index contributed by atoms with van der Waals surface area (Å²) in [6.07, 6.45) is 7.22. The molecule has 4 nitrogen and oxygen atoms in total. The highest BCUT2D eigenvalue weighted by Gasteiger charge is 2.26. The molecule has 1 aromatic rings. The Morgan fingerprint density at radius 1 is 1.35 bits per heavy atom. The second-order valence-corrected chi connectivity index (χ2v) is 5.57. The second kappa shape index (κ2) is 7.39. The van der Waals surface area contributed by atoms with E-state index in [4.69, 9.17) is 5.73 Å². The Morgan fingerprint density at radius 2 is 2.10 bits per heavy atom. The van der Waals surface area contributed by atoms with Gasteiger partial charge in [-0.15, -0.1) is 0 Å². The van der Waals surface area contributed by atoms with E-state index in [1.54, 1.807) is 6.20 Å². The molecule has 1 aromatic heterocycles. The van der Waals surface area contributed by atoms with Crippen LogP contribution >= 0.6 is 0 Å². The zero-order valence-electron chi connectivity index (χ0n) is 12.3. The molecule has 2 rings (SSSR count). The monoisotopic (exact) mass is 275 g/mol. The molecule has 1 aliphatic carbocycles. The number of aromatic nitrogens is 1. The molecule has 1 amide bonds. The minimum absolute atomic E-state index is 0.249. The van der Waals surface area contributed by atoms with Crippen molar-refractivity contribution in [3.05, 3.63) is 30.1 Å². The summed E-state index contributed by atoms with van der Waals surface area (Å²) in [4.78, 5) is 18.7. The third-order valence-corrected chi connectivity index (χ3v) is 4.16. The number of hydrogen-bond acceptors (Lipinski definition) is 3. The van der Waals surface area contributed by atoms with Gasteiger partial charge in [0.2, 0.25) is 5.91 Å². The van der Waals surface area contributed by atoms with Gasteiger partial charge in [0.15, 0.2) is 0 Å². The third-order valence-electron chi connectivity index (χ3n) is 4.16. The number of nitrogens with two attached hydrogens (primary N) is 1. The van der Waals surface area contributed by atoms with Crippen LogP contribution in [0.3, 0.4) is 0 Å². The molecule has 0 aromatic carbocycles. The van der Waals surface area contributed by atoms with Crippen molar-refractivity contribution in [3.8, 4) is 0 Å². The van der Waals surface area contributed by atoms with Gasteiger partial charge in [0, 0.05) is 36.9 Å². The predicted molar refractivity (Wildman–Crippen MR) is 80.2 cm³/mol. The molecule has 0 bridgehead atoms. The fourth-order valence-corrected chi connectivity index (χ4v) is 2.98. The molecule has 1 fully saturated rings. The predicted octanol–water partition coefficient (Wildman–Crippen LogP) is 2.13. The maximum Gasteiger partial charge on any atom is 0.223 e. The van der Waals surface area contributed by atoms with Crippen molar-refractivity contribution in [2.45, 2.75) is 57.5 Å². The van der Waals surface area contributed by atoms with Gasteiger partial charge in [-0.1, -0.05) is 6.07 Å². The number of carbonyl (C=O) groups excluding carboxylic acids is 1. The van der Waals surface area contributed by atoms with Crippen LogP contribution in [0, 0.1) is 0 Å². The average molecular weight is 275 g/mol. The molecule has 0 saturated heterocycles. The van der Waals surface area contributed by atoms with Gasteiger partial charge < -0.3 is 10.6 Å². The van der Waals surface area contributed by atoms with Gasteiger partial charge in [-0.25, -0.2) is 0 Å². The van der Waals surface area contributed by atoms with Crippen molar-refractivity contribution in [1.29, 1.82) is 0 Å². The highest BCUT2D eigenvalue weighted by molar-refractivity contribution is 5.76. The molecule has 0 radical (unpaired) electrons. The minimum Gasteiger partial charge on any atom is -0.340 e. The maximum atomic E-state index is 12.4. The first-order chi connectivity index (χ1) is 9.70. The lowest BCUT2D eigenvalue weighted by Gasteiger charge is -2.35. The highest BCUT2D eigenvalue weighted by Crippen LogP contribution is 2.22. The Labute approximate surface area is 121 Å². The van der Waals surface area contributed by atoms with Gasteiger partial charge in [0.1, 0.15) is 0 Å². The molecule has 110 valence electrons. The van der Waals surface area contributed by atoms with Gasteiger partial charge in [-0.2, -0.15) is 0 Å². The molecule has 1 heterocycles. The molecule has 2 N–H and O–H groups in total. The first kappa shape index (κ1) is 15.0. The first-order valence-corrected chi connectivity index (χ1v) is 7.65. The molecule has 1 aliphatic rings. The van der Waals surface area contributed by atoms with E-state index >= 15 is 0 Å². The van der Waals surface area contributed by atoms with E-state index in [1.165, 1.54) is 0 Å². The summed E-state index contributed by atoms with van der Waals surface area (Å²) in [7, 11) is 0. The van der Waals surface area contributed by atoms with Gasteiger partial charge >= 0.3 is 0 Å². The Kier molecular flexibility index (Phi) is 5.53. The topological polar surface area (TPSA) is 59.2 Å². The Hall–Kier alpha value is -1.42. The quantitative estimate of drug-likeness (QED) is 0.895. The fraction of sp³-hybridized carbons (Fsp3) is 0.625. The van der Waals surface area contributed by atoms with Crippen LogP contribution in [0.25, 0.3) is 0 Å². The van der Waals surface area contributed by atoms with Crippen molar-refractivity contribution in [3.63, 3.8) is 0 Å². The summed E-state index contributed by atoms with van der Waals surface area (Å²) < 4.78 is 0. The molecule has 0 atom stereocenters. The normalized spacial score (nSPS) is 22.5. The summed E-state index contributed by atoms with van der Waals surface area (Å²) in [5, 5.41) is 0. The molecule has 20 heavy (non-hydrogen) atoms. The van der Waals surface area contributed by atoms with E-state index in [0.29, 0.717) is 18.5 Å². The van der Waals surface area contributed by atoms with Gasteiger partial charge in [0.05, 0.1) is 0 Å². The zero-order valence-corrected chi connectivity index (χ0v) is 12.3. The van der Waals surface area contributed by atoms with Crippen molar-refractivity contribution in [1.82, 2.24) is 9.88 Å². The van der Waals surface area contributed by atoms with E-state index in [2.05, 4.69) is 11.9 Å². The largest absolute Gasteiger partial charge is 0.340 e. The van der Waals surface area contributed by atoms with Crippen LogP contribution in [0.5, 0.6) is 0 Å². The zero-order chi connectivity index (χ0) is 14.4. The van der Waals surface area contributed by atoms with E-state index in [0.717, 1.165) is 44.3 Å². The smallest absolute Gasteiger partial charge is 0.223 e. The molecular weight excluding hydrogens is 250 g/mol. The lowest BCUT2D eigenvalue weighted by atomic mass is 9.90. The number of aryl methyl sites for hydroxylation is 1. The van der Waals surface area contributed by atoms with Crippen molar-refractivity contribution in [2.24, 2.45) is 5.73 Å². The summed E-state index contributed by atoms with van der Waals surface area (Å²) >= 11 is 0. The number of carbonyl (C=O) groups is 1. The summed E-state index contributed by atoms with van der Waals surface area (Å²) in [6.45, 7) is 2.86. The van der Waals surface area contributed by atoms with Gasteiger partial charge in [-0.05, 0) is 51.2 Å². The number of hydrogen-bond donors (Lipinski definition) is 1. The molecular formula is C16H25N3O. The number of rotatable bonds is 5. The van der Waals surface area contributed by atoms with E-state index < -0.39 is 0 Å². The molecule has 4 heteroatoms. The van der Waals surface area contributed by atoms with Crippen LogP contribution in [0.1, 0.15) is 44.7 Å². The van der Waals surface area contributed by atoms with E-state index in [1.807, 2.05) is 23.1 Å². The summed E-state index contributed by atoms with van der Waals surface area (Å²) in [6, 6.07) is 6.55. The Balaban J connectivity index is 1.86. The maximum absolute atomic E-state index is 12.4. The Morgan fingerprint density at radius 3 is 2.70 bits per heavy atom. The van der Waals surface area contributed by atoms with Crippen molar-refractivity contribution in [2.75, 3.05) is 6.54 Å². The van der Waals surface area contributed by atoms with Gasteiger partial charge in [0.25, 0.3) is 0 Å². The number of nitrogens with zero attached hydrogens (tertiary/aromatic N) is 2. The van der Waals surface area contributed by atoms with E-state index in [9.17, 15) is 4.79 Å². The SMILES string of the molecule is CCN(C(=O)CCc1ccccn1)C1CCC(N)CC1. The van der Waals surface area contributed by atoms with Crippen LogP contribution in [0.15, 0.2) is 24.4 Å². The minimum atomic E-state index is 0.249. The number of pyridine rings is 1. The highest BCUT2D eigenvalue weighted by atomic mass is 16.2. The standard InChI is InChI=1S/C16H25N3O/c1-2-19(15-9-6-13(17)7-10-15)16(20)11-8-14-5-3-4-12-18-14/h3-5,12-13,15H,2,6-11,17H2,1H3. The molecule has 1 saturated carbocycles. The molecule has 0 spiro atoms. The van der Waals surface area contributed by atoms with Gasteiger partial charge in [-0.3, -0.25) is 9.78 Å². The third kappa shape index (κ3) is 4.04. The van der Waals surface area contributed by atoms with Crippen LogP contribution in [-0.2, 0) is 11.2 Å².